The van der Waals surface area contributed by atoms with Crippen LogP contribution in [0.1, 0.15) is 27.8 Å². The molecule has 0 heterocycles. The Bertz CT molecular complexity index is 1070. The Morgan fingerprint density at radius 2 is 1.18 bits per heavy atom. The first-order valence-electron chi connectivity index (χ1n) is 9.84. The highest BCUT2D eigenvalue weighted by Gasteiger charge is 2.45. The molecule has 1 aliphatic rings. The van der Waals surface area contributed by atoms with Gasteiger partial charge in [0, 0.05) is 6.54 Å². The number of benzene rings is 4. The summed E-state index contributed by atoms with van der Waals surface area (Å²) in [6.07, 6.45) is 0. The lowest BCUT2D eigenvalue weighted by atomic mass is 9.68. The maximum absolute atomic E-state index is 3.28. The van der Waals surface area contributed by atoms with E-state index >= 15 is 0 Å². The molecule has 1 aliphatic carbocycles. The van der Waals surface area contributed by atoms with Crippen LogP contribution in [0.5, 0.6) is 0 Å². The molecule has 0 atom stereocenters. The van der Waals surface area contributed by atoms with Crippen molar-refractivity contribution >= 4 is 0 Å². The molecule has 4 aromatic carbocycles. The average molecular weight is 361 g/mol. The van der Waals surface area contributed by atoms with Crippen molar-refractivity contribution in [3.8, 4) is 11.1 Å². The quantitative estimate of drug-likeness (QED) is 0.428. The van der Waals surface area contributed by atoms with Crippen LogP contribution in [-0.2, 0) is 12.0 Å². The van der Waals surface area contributed by atoms with Gasteiger partial charge >= 0.3 is 0 Å². The standard InChI is InChI=1S/C27H23N/c1-28-19-20-16-17-26-24(18-20)23-14-8-9-15-25(23)27(26,21-10-4-2-5-11-21)22-12-6-3-7-13-22/h2-18,28H,19H2,1H3. The predicted molar refractivity (Wildman–Crippen MR) is 117 cm³/mol. The van der Waals surface area contributed by atoms with E-state index < -0.39 is 0 Å². The van der Waals surface area contributed by atoms with Gasteiger partial charge in [0.15, 0.2) is 0 Å². The van der Waals surface area contributed by atoms with E-state index in [2.05, 4.69) is 108 Å². The van der Waals surface area contributed by atoms with Crippen molar-refractivity contribution in [3.05, 3.63) is 131 Å². The van der Waals surface area contributed by atoms with Crippen LogP contribution in [0.15, 0.2) is 103 Å². The van der Waals surface area contributed by atoms with Gasteiger partial charge in [-0.3, -0.25) is 0 Å². The Kier molecular flexibility index (Phi) is 4.11. The fourth-order valence-corrected chi connectivity index (χ4v) is 4.81. The highest BCUT2D eigenvalue weighted by atomic mass is 14.8. The molecule has 1 nitrogen and oxygen atoms in total. The van der Waals surface area contributed by atoms with Crippen LogP contribution >= 0.6 is 0 Å². The van der Waals surface area contributed by atoms with Crippen molar-refractivity contribution in [1.82, 2.24) is 5.32 Å². The van der Waals surface area contributed by atoms with Gasteiger partial charge in [-0.2, -0.15) is 0 Å². The Labute approximate surface area is 166 Å². The van der Waals surface area contributed by atoms with Gasteiger partial charge in [-0.05, 0) is 52.1 Å². The van der Waals surface area contributed by atoms with Gasteiger partial charge < -0.3 is 5.32 Å². The first kappa shape index (κ1) is 17.0. The zero-order valence-electron chi connectivity index (χ0n) is 16.0. The largest absolute Gasteiger partial charge is 0.316 e. The highest BCUT2D eigenvalue weighted by molar-refractivity contribution is 5.86. The molecule has 136 valence electrons. The minimum atomic E-state index is -0.285. The van der Waals surface area contributed by atoms with Crippen LogP contribution < -0.4 is 5.32 Å². The third-order valence-electron chi connectivity index (χ3n) is 5.90. The molecule has 0 aromatic heterocycles. The minimum Gasteiger partial charge on any atom is -0.316 e. The van der Waals surface area contributed by atoms with Gasteiger partial charge in [-0.15, -0.1) is 0 Å². The molecule has 0 fully saturated rings. The molecule has 0 amide bonds. The number of nitrogens with one attached hydrogen (secondary N) is 1. The topological polar surface area (TPSA) is 12.0 Å². The summed E-state index contributed by atoms with van der Waals surface area (Å²) < 4.78 is 0. The fraction of sp³-hybridized carbons (Fsp3) is 0.111. The van der Waals surface area contributed by atoms with Crippen molar-refractivity contribution in [1.29, 1.82) is 0 Å². The van der Waals surface area contributed by atoms with Crippen LogP contribution in [-0.4, -0.2) is 7.05 Å². The van der Waals surface area contributed by atoms with Crippen LogP contribution in [0.2, 0.25) is 0 Å². The lowest BCUT2D eigenvalue weighted by Gasteiger charge is -2.33. The van der Waals surface area contributed by atoms with Crippen molar-refractivity contribution in [2.24, 2.45) is 0 Å². The molecule has 0 spiro atoms. The molecule has 0 radical (unpaired) electrons. The molecule has 0 saturated heterocycles. The Morgan fingerprint density at radius 3 is 1.82 bits per heavy atom. The third-order valence-corrected chi connectivity index (χ3v) is 5.90. The zero-order valence-corrected chi connectivity index (χ0v) is 16.0. The van der Waals surface area contributed by atoms with Crippen molar-refractivity contribution in [2.45, 2.75) is 12.0 Å². The monoisotopic (exact) mass is 361 g/mol. The normalized spacial score (nSPS) is 13.8. The number of hydrogen-bond acceptors (Lipinski definition) is 1. The third kappa shape index (κ3) is 2.37. The second-order valence-electron chi connectivity index (χ2n) is 7.44. The van der Waals surface area contributed by atoms with Gasteiger partial charge in [0.05, 0.1) is 5.41 Å². The SMILES string of the molecule is CNCc1ccc2c(c1)-c1ccccc1C2(c1ccccc1)c1ccccc1. The van der Waals surface area contributed by atoms with Crippen LogP contribution in [0.25, 0.3) is 11.1 Å². The summed E-state index contributed by atoms with van der Waals surface area (Å²) >= 11 is 0. The maximum atomic E-state index is 3.28. The molecule has 0 bridgehead atoms. The average Bonchev–Trinajstić information content (AvgIpc) is 3.06. The van der Waals surface area contributed by atoms with Crippen molar-refractivity contribution in [3.63, 3.8) is 0 Å². The molecule has 5 rings (SSSR count). The van der Waals surface area contributed by atoms with E-state index in [1.807, 2.05) is 7.05 Å². The molecular formula is C27H23N. The van der Waals surface area contributed by atoms with E-state index in [-0.39, 0.29) is 5.41 Å². The maximum Gasteiger partial charge on any atom is 0.0713 e. The Hall–Kier alpha value is -3.16. The van der Waals surface area contributed by atoms with Crippen molar-refractivity contribution in [2.75, 3.05) is 7.05 Å². The molecule has 0 saturated carbocycles. The summed E-state index contributed by atoms with van der Waals surface area (Å²) in [5.41, 5.74) is 9.07. The molecule has 1 N–H and O–H groups in total. The van der Waals surface area contributed by atoms with Gasteiger partial charge in [0.25, 0.3) is 0 Å². The zero-order chi connectivity index (χ0) is 19.0. The van der Waals surface area contributed by atoms with E-state index in [9.17, 15) is 0 Å². The lowest BCUT2D eigenvalue weighted by molar-refractivity contribution is 0.766. The smallest absolute Gasteiger partial charge is 0.0713 e. The molecular weight excluding hydrogens is 338 g/mol. The summed E-state index contributed by atoms with van der Waals surface area (Å²) in [6.45, 7) is 0.874. The first-order chi connectivity index (χ1) is 13.9. The van der Waals surface area contributed by atoms with Gasteiger partial charge in [-0.1, -0.05) is 97.1 Å². The van der Waals surface area contributed by atoms with Crippen molar-refractivity contribution < 1.29 is 0 Å². The first-order valence-corrected chi connectivity index (χ1v) is 9.84. The summed E-state index contributed by atoms with van der Waals surface area (Å²) in [7, 11) is 2.00. The molecule has 28 heavy (non-hydrogen) atoms. The van der Waals surface area contributed by atoms with E-state index in [1.54, 1.807) is 0 Å². The summed E-state index contributed by atoms with van der Waals surface area (Å²) in [5, 5.41) is 3.28. The van der Waals surface area contributed by atoms with E-state index in [4.69, 9.17) is 0 Å². The molecule has 4 aromatic rings. The van der Waals surface area contributed by atoms with Crippen LogP contribution in [0.3, 0.4) is 0 Å². The summed E-state index contributed by atoms with van der Waals surface area (Å²) in [6, 6.07) is 37.7. The Morgan fingerprint density at radius 1 is 0.607 bits per heavy atom. The van der Waals surface area contributed by atoms with E-state index in [0.29, 0.717) is 0 Å². The summed E-state index contributed by atoms with van der Waals surface area (Å²) in [4.78, 5) is 0. The highest BCUT2D eigenvalue weighted by Crippen LogP contribution is 2.56. The van der Waals surface area contributed by atoms with Gasteiger partial charge in [-0.25, -0.2) is 0 Å². The van der Waals surface area contributed by atoms with Gasteiger partial charge in [0.2, 0.25) is 0 Å². The molecule has 1 heteroatoms. The number of rotatable bonds is 4. The van der Waals surface area contributed by atoms with Crippen LogP contribution in [0, 0.1) is 0 Å². The predicted octanol–water partition coefficient (Wildman–Crippen LogP) is 5.77. The van der Waals surface area contributed by atoms with Gasteiger partial charge in [0.1, 0.15) is 0 Å². The number of hydrogen-bond donors (Lipinski definition) is 1. The fourth-order valence-electron chi connectivity index (χ4n) is 4.81. The second-order valence-corrected chi connectivity index (χ2v) is 7.44. The lowest BCUT2D eigenvalue weighted by Crippen LogP contribution is -2.28. The Balaban J connectivity index is 1.91. The van der Waals surface area contributed by atoms with Crippen LogP contribution in [0.4, 0.5) is 0 Å². The minimum absolute atomic E-state index is 0.285. The molecule has 0 aliphatic heterocycles. The van der Waals surface area contributed by atoms with E-state index in [1.165, 1.54) is 38.9 Å². The number of fused-ring (bicyclic) bond motifs is 3. The van der Waals surface area contributed by atoms with E-state index in [0.717, 1.165) is 6.54 Å². The summed E-state index contributed by atoms with van der Waals surface area (Å²) in [5.74, 6) is 0. The molecule has 0 unspecified atom stereocenters. The second kappa shape index (κ2) is 6.78.